The summed E-state index contributed by atoms with van der Waals surface area (Å²) < 4.78 is 20.9. The zero-order valence-electron chi connectivity index (χ0n) is 13.8. The highest BCUT2D eigenvalue weighted by Gasteiger charge is 2.50. The summed E-state index contributed by atoms with van der Waals surface area (Å²) in [4.78, 5) is 34.8. The van der Waals surface area contributed by atoms with Gasteiger partial charge in [0, 0.05) is 19.3 Å². The van der Waals surface area contributed by atoms with E-state index in [1.165, 1.54) is 0 Å². The number of carbonyl (C=O) groups is 3. The number of hydrogen-bond donors (Lipinski definition) is 1. The van der Waals surface area contributed by atoms with Crippen LogP contribution in [0.5, 0.6) is 0 Å². The fraction of sp³-hybridized carbons (Fsp3) is 0.800. The molecule has 23 heavy (non-hydrogen) atoms. The molecule has 0 saturated carbocycles. The summed E-state index contributed by atoms with van der Waals surface area (Å²) in [5.74, 6) is -1.67. The molecule has 8 nitrogen and oxygen atoms in total. The molecule has 0 aromatic carbocycles. The van der Waals surface area contributed by atoms with Crippen LogP contribution in [-0.2, 0) is 33.3 Å². The van der Waals surface area contributed by atoms with Gasteiger partial charge in [-0.1, -0.05) is 20.8 Å². The summed E-state index contributed by atoms with van der Waals surface area (Å²) in [6.07, 6.45) is -5.29. The molecule has 0 aromatic rings. The van der Waals surface area contributed by atoms with Crippen molar-refractivity contribution in [2.45, 2.75) is 77.7 Å². The van der Waals surface area contributed by atoms with Crippen molar-refractivity contribution in [3.8, 4) is 0 Å². The Labute approximate surface area is 135 Å². The molecule has 1 saturated heterocycles. The van der Waals surface area contributed by atoms with E-state index < -0.39 is 48.6 Å². The van der Waals surface area contributed by atoms with Crippen molar-refractivity contribution in [3.63, 3.8) is 0 Å². The molecule has 1 rings (SSSR count). The lowest BCUT2D eigenvalue weighted by Crippen LogP contribution is -2.60. The zero-order valence-corrected chi connectivity index (χ0v) is 13.8. The van der Waals surface area contributed by atoms with Crippen molar-refractivity contribution >= 4 is 17.9 Å². The van der Waals surface area contributed by atoms with E-state index in [4.69, 9.17) is 18.9 Å². The Balaban J connectivity index is 3.04. The van der Waals surface area contributed by atoms with Crippen molar-refractivity contribution in [2.24, 2.45) is 0 Å². The van der Waals surface area contributed by atoms with Gasteiger partial charge in [0.15, 0.2) is 24.6 Å². The third kappa shape index (κ3) is 5.18. The third-order valence-corrected chi connectivity index (χ3v) is 3.41. The molecular formula is C15H24O8. The molecule has 0 bridgehead atoms. The maximum Gasteiger partial charge on any atom is 0.306 e. The van der Waals surface area contributed by atoms with Gasteiger partial charge >= 0.3 is 17.9 Å². The maximum absolute atomic E-state index is 11.7. The van der Waals surface area contributed by atoms with Gasteiger partial charge in [0.1, 0.15) is 0 Å². The standard InChI is InChI=1S/C15H24O8/c1-5-9(16)21-12-8(4)20-15(19)14(23-11(18)7-3)13(12)22-10(17)6-2/h8,12-15,19H,5-7H2,1-4H3/t8-,12-,13+,14+,15?/m0/s1. The quantitative estimate of drug-likeness (QED) is 0.559. The number of hydrogen-bond acceptors (Lipinski definition) is 8. The van der Waals surface area contributed by atoms with Crippen LogP contribution < -0.4 is 0 Å². The smallest absolute Gasteiger partial charge is 0.306 e. The molecule has 0 radical (unpaired) electrons. The van der Waals surface area contributed by atoms with Crippen molar-refractivity contribution in [1.82, 2.24) is 0 Å². The second-order valence-electron chi connectivity index (χ2n) is 5.16. The van der Waals surface area contributed by atoms with E-state index in [0.29, 0.717) is 0 Å². The molecule has 8 heteroatoms. The van der Waals surface area contributed by atoms with Gasteiger partial charge in [-0.2, -0.15) is 0 Å². The van der Waals surface area contributed by atoms with E-state index >= 15 is 0 Å². The minimum atomic E-state index is -1.48. The number of carbonyl (C=O) groups excluding carboxylic acids is 3. The number of aliphatic hydroxyl groups is 1. The molecule has 1 aliphatic rings. The van der Waals surface area contributed by atoms with E-state index in [-0.39, 0.29) is 19.3 Å². The second-order valence-corrected chi connectivity index (χ2v) is 5.16. The van der Waals surface area contributed by atoms with E-state index in [0.717, 1.165) is 0 Å². The van der Waals surface area contributed by atoms with Crippen LogP contribution >= 0.6 is 0 Å². The Morgan fingerprint density at radius 3 is 1.65 bits per heavy atom. The van der Waals surface area contributed by atoms with Gasteiger partial charge < -0.3 is 24.1 Å². The Bertz CT molecular complexity index is 405. The highest BCUT2D eigenvalue weighted by atomic mass is 16.7. The fourth-order valence-electron chi connectivity index (χ4n) is 2.12. The van der Waals surface area contributed by atoms with Gasteiger partial charge in [0.2, 0.25) is 0 Å². The normalized spacial score (nSPS) is 30.4. The van der Waals surface area contributed by atoms with Crippen molar-refractivity contribution in [3.05, 3.63) is 0 Å². The summed E-state index contributed by atoms with van der Waals surface area (Å²) in [5, 5.41) is 10.0. The Morgan fingerprint density at radius 1 is 0.826 bits per heavy atom. The molecule has 0 amide bonds. The second kappa shape index (κ2) is 8.83. The summed E-state index contributed by atoms with van der Waals surface area (Å²) in [6.45, 7) is 6.37. The Kier molecular flexibility index (Phi) is 7.44. The van der Waals surface area contributed by atoms with E-state index in [1.54, 1.807) is 27.7 Å². The Morgan fingerprint density at radius 2 is 1.22 bits per heavy atom. The molecule has 1 N–H and O–H groups in total. The van der Waals surface area contributed by atoms with E-state index in [1.807, 2.05) is 0 Å². The van der Waals surface area contributed by atoms with Crippen LogP contribution in [0.3, 0.4) is 0 Å². The molecule has 1 unspecified atom stereocenters. The molecule has 1 heterocycles. The SMILES string of the molecule is CCC(=O)O[C@@H]1[C@@H](OC(=O)CC)[C@@H](OC(=O)CC)C(O)O[C@H]1C. The number of aliphatic hydroxyl groups excluding tert-OH is 1. The van der Waals surface area contributed by atoms with Gasteiger partial charge in [-0.15, -0.1) is 0 Å². The summed E-state index contributed by atoms with van der Waals surface area (Å²) in [5.41, 5.74) is 0. The molecule has 1 aliphatic heterocycles. The first kappa shape index (κ1) is 19.4. The molecule has 0 spiro atoms. The number of ether oxygens (including phenoxy) is 4. The summed E-state index contributed by atoms with van der Waals surface area (Å²) >= 11 is 0. The first-order valence-corrected chi connectivity index (χ1v) is 7.75. The lowest BCUT2D eigenvalue weighted by atomic mass is 9.99. The van der Waals surface area contributed by atoms with Crippen LogP contribution in [0.4, 0.5) is 0 Å². The van der Waals surface area contributed by atoms with Gasteiger partial charge in [0.05, 0.1) is 6.10 Å². The molecule has 0 aromatic heterocycles. The van der Waals surface area contributed by atoms with Gasteiger partial charge in [0.25, 0.3) is 0 Å². The van der Waals surface area contributed by atoms with Crippen LogP contribution in [0.15, 0.2) is 0 Å². The van der Waals surface area contributed by atoms with Crippen molar-refractivity contribution in [1.29, 1.82) is 0 Å². The first-order valence-electron chi connectivity index (χ1n) is 7.75. The Hall–Kier alpha value is -1.67. The predicted octanol–water partition coefficient (Wildman–Crippen LogP) is 0.689. The fourth-order valence-corrected chi connectivity index (χ4v) is 2.12. The lowest BCUT2D eigenvalue weighted by Gasteiger charge is -2.42. The van der Waals surface area contributed by atoms with Crippen LogP contribution in [0.25, 0.3) is 0 Å². The average Bonchev–Trinajstić information content (AvgIpc) is 2.53. The monoisotopic (exact) mass is 332 g/mol. The van der Waals surface area contributed by atoms with Crippen molar-refractivity contribution in [2.75, 3.05) is 0 Å². The predicted molar refractivity (Wildman–Crippen MR) is 77.1 cm³/mol. The molecule has 132 valence electrons. The third-order valence-electron chi connectivity index (χ3n) is 3.41. The van der Waals surface area contributed by atoms with Crippen LogP contribution in [-0.4, -0.2) is 53.7 Å². The first-order chi connectivity index (χ1) is 10.8. The largest absolute Gasteiger partial charge is 0.455 e. The number of esters is 3. The maximum atomic E-state index is 11.7. The molecular weight excluding hydrogens is 308 g/mol. The van der Waals surface area contributed by atoms with E-state index in [2.05, 4.69) is 0 Å². The van der Waals surface area contributed by atoms with Gasteiger partial charge in [-0.05, 0) is 6.92 Å². The van der Waals surface area contributed by atoms with E-state index in [9.17, 15) is 19.5 Å². The van der Waals surface area contributed by atoms with Crippen LogP contribution in [0, 0.1) is 0 Å². The molecule has 0 aliphatic carbocycles. The highest BCUT2D eigenvalue weighted by molar-refractivity contribution is 5.71. The number of rotatable bonds is 6. The lowest BCUT2D eigenvalue weighted by molar-refractivity contribution is -0.289. The van der Waals surface area contributed by atoms with Crippen molar-refractivity contribution < 1.29 is 38.4 Å². The minimum Gasteiger partial charge on any atom is -0.455 e. The highest BCUT2D eigenvalue weighted by Crippen LogP contribution is 2.28. The zero-order chi connectivity index (χ0) is 17.6. The van der Waals surface area contributed by atoms with Gasteiger partial charge in [-0.3, -0.25) is 14.4 Å². The van der Waals surface area contributed by atoms with Crippen LogP contribution in [0.2, 0.25) is 0 Å². The summed E-state index contributed by atoms with van der Waals surface area (Å²) in [7, 11) is 0. The van der Waals surface area contributed by atoms with Crippen LogP contribution in [0.1, 0.15) is 47.0 Å². The topological polar surface area (TPSA) is 108 Å². The van der Waals surface area contributed by atoms with Gasteiger partial charge in [-0.25, -0.2) is 0 Å². The molecule has 5 atom stereocenters. The summed E-state index contributed by atoms with van der Waals surface area (Å²) in [6, 6.07) is 0. The molecule has 1 fully saturated rings. The minimum absolute atomic E-state index is 0.0760. The average molecular weight is 332 g/mol.